The Morgan fingerprint density at radius 3 is 2.32 bits per heavy atom. The summed E-state index contributed by atoms with van der Waals surface area (Å²) in [6.45, 7) is 11.0. The van der Waals surface area contributed by atoms with E-state index in [1.165, 1.54) is 6.42 Å². The van der Waals surface area contributed by atoms with Crippen molar-refractivity contribution in [2.45, 2.75) is 109 Å². The van der Waals surface area contributed by atoms with Crippen LogP contribution in [0.2, 0.25) is 0 Å². The average molecular weight is 525 g/mol. The van der Waals surface area contributed by atoms with E-state index in [0.29, 0.717) is 25.0 Å². The van der Waals surface area contributed by atoms with E-state index < -0.39 is 35.8 Å². The zero-order chi connectivity index (χ0) is 27.5. The number of ether oxygens (including phenoxy) is 4. The predicted molar refractivity (Wildman–Crippen MR) is 143 cm³/mol. The molecular weight excluding hydrogens is 472 g/mol. The van der Waals surface area contributed by atoms with Crippen molar-refractivity contribution in [1.29, 1.82) is 0 Å². The molecule has 8 nitrogen and oxygen atoms in total. The van der Waals surface area contributed by atoms with Crippen LogP contribution in [0, 0.1) is 23.7 Å². The van der Waals surface area contributed by atoms with Crippen LogP contribution >= 0.6 is 0 Å². The van der Waals surface area contributed by atoms with Crippen LogP contribution in [0.5, 0.6) is 0 Å². The van der Waals surface area contributed by atoms with Crippen molar-refractivity contribution in [3.63, 3.8) is 0 Å². The van der Waals surface area contributed by atoms with Crippen LogP contribution in [0.25, 0.3) is 0 Å². The van der Waals surface area contributed by atoms with Crippen molar-refractivity contribution in [3.8, 4) is 0 Å². The van der Waals surface area contributed by atoms with Crippen LogP contribution in [0.4, 0.5) is 0 Å². The van der Waals surface area contributed by atoms with Gasteiger partial charge in [0.05, 0.1) is 17.8 Å². The molecule has 3 aliphatic rings. The maximum atomic E-state index is 13.7. The summed E-state index contributed by atoms with van der Waals surface area (Å²) in [6, 6.07) is 0.495. The number of ketones is 1. The monoisotopic (exact) mass is 524 g/mol. The highest BCUT2D eigenvalue weighted by Gasteiger charge is 2.47. The van der Waals surface area contributed by atoms with Crippen molar-refractivity contribution < 1.29 is 28.5 Å². The minimum atomic E-state index is -0.867. The first kappa shape index (κ1) is 30.5. The largest absolute Gasteiger partial charge is 0.463 e. The number of likely N-dealkylation sites (N-methyl/N-ethyl adjacent to an activating group) is 1. The molecule has 3 rings (SSSR count). The van der Waals surface area contributed by atoms with Crippen molar-refractivity contribution in [2.75, 3.05) is 41.4 Å². The highest BCUT2D eigenvalue weighted by Crippen LogP contribution is 2.37. The number of carbonyl (C=O) groups is 2. The highest BCUT2D eigenvalue weighted by molar-refractivity contribution is 5.99. The van der Waals surface area contributed by atoms with Crippen LogP contribution in [-0.4, -0.2) is 99.1 Å². The molecule has 1 unspecified atom stereocenters. The normalized spacial score (nSPS) is 41.9. The average Bonchev–Trinajstić information content (AvgIpc) is 2.81. The lowest BCUT2D eigenvalue weighted by molar-refractivity contribution is -0.262. The number of hydrogen-bond donors (Lipinski definition) is 0. The van der Waals surface area contributed by atoms with Crippen molar-refractivity contribution >= 4 is 11.8 Å². The molecule has 1 aliphatic carbocycles. The molecule has 0 bridgehead atoms. The van der Waals surface area contributed by atoms with E-state index in [9.17, 15) is 9.59 Å². The third kappa shape index (κ3) is 7.33. The first-order chi connectivity index (χ1) is 17.4. The van der Waals surface area contributed by atoms with E-state index in [-0.39, 0.29) is 23.8 Å². The molecule has 8 heteroatoms. The summed E-state index contributed by atoms with van der Waals surface area (Å²) in [5.41, 5.74) is -0.739. The Morgan fingerprint density at radius 1 is 1.08 bits per heavy atom. The topological polar surface area (TPSA) is 77.5 Å². The van der Waals surface area contributed by atoms with Gasteiger partial charge in [-0.3, -0.25) is 14.5 Å². The van der Waals surface area contributed by atoms with Gasteiger partial charge in [-0.05, 0) is 79.4 Å². The van der Waals surface area contributed by atoms with Crippen LogP contribution < -0.4 is 0 Å². The number of Topliss-reactive ketones (excluding diaryl/α,β-unsaturated/α-hetero) is 1. The fourth-order valence-corrected chi connectivity index (χ4v) is 6.63. The first-order valence-corrected chi connectivity index (χ1v) is 14.3. The van der Waals surface area contributed by atoms with Gasteiger partial charge in [-0.2, -0.15) is 0 Å². The minimum absolute atomic E-state index is 0.0469. The Morgan fingerprint density at radius 2 is 1.76 bits per heavy atom. The Bertz CT molecular complexity index is 773. The Labute approximate surface area is 224 Å². The molecule has 0 amide bonds. The summed E-state index contributed by atoms with van der Waals surface area (Å²) in [5, 5.41) is 0. The van der Waals surface area contributed by atoms with Gasteiger partial charge in [0.1, 0.15) is 12.5 Å². The molecule has 37 heavy (non-hydrogen) atoms. The lowest BCUT2D eigenvalue weighted by Crippen LogP contribution is -2.54. The molecule has 2 aliphatic heterocycles. The number of nitrogens with zero attached hydrogens (tertiary/aromatic N) is 2. The van der Waals surface area contributed by atoms with Gasteiger partial charge < -0.3 is 23.8 Å². The Kier molecular flexibility index (Phi) is 10.6. The minimum Gasteiger partial charge on any atom is -0.463 e. The molecular formula is C29H52N2O6. The fraction of sp³-hybridized carbons (Fsp3) is 0.931. The first-order valence-electron chi connectivity index (χ1n) is 14.3. The van der Waals surface area contributed by atoms with Gasteiger partial charge in [-0.15, -0.1) is 0 Å². The molecule has 214 valence electrons. The number of esters is 1. The van der Waals surface area contributed by atoms with Gasteiger partial charge >= 0.3 is 5.97 Å². The predicted octanol–water partition coefficient (Wildman–Crippen LogP) is 3.76. The summed E-state index contributed by atoms with van der Waals surface area (Å²) in [5.74, 6) is -1.25. The number of hydrogen-bond acceptors (Lipinski definition) is 8. The lowest BCUT2D eigenvalue weighted by atomic mass is 9.78. The smallest absolute Gasteiger partial charge is 0.316 e. The van der Waals surface area contributed by atoms with E-state index >= 15 is 0 Å². The second-order valence-electron chi connectivity index (χ2n) is 12.6. The van der Waals surface area contributed by atoms with Gasteiger partial charge in [0, 0.05) is 38.1 Å². The molecule has 0 aromatic rings. The Balaban J connectivity index is 1.91. The summed E-state index contributed by atoms with van der Waals surface area (Å²) < 4.78 is 24.9. The molecule has 2 heterocycles. The summed E-state index contributed by atoms with van der Waals surface area (Å²) in [6.07, 6.45) is 4.93. The lowest BCUT2D eigenvalue weighted by Gasteiger charge is -2.45. The van der Waals surface area contributed by atoms with Crippen molar-refractivity contribution in [2.24, 2.45) is 23.7 Å². The van der Waals surface area contributed by atoms with E-state index in [1.54, 1.807) is 14.0 Å². The number of methoxy groups -OCH3 is 1. The van der Waals surface area contributed by atoms with E-state index in [2.05, 4.69) is 44.8 Å². The van der Waals surface area contributed by atoms with Crippen molar-refractivity contribution in [3.05, 3.63) is 0 Å². The number of carbonyl (C=O) groups excluding carboxylic acids is 2. The van der Waals surface area contributed by atoms with Crippen molar-refractivity contribution in [1.82, 2.24) is 9.80 Å². The maximum absolute atomic E-state index is 13.7. The molecule has 9 atom stereocenters. The molecule has 1 saturated carbocycles. The third-order valence-electron chi connectivity index (χ3n) is 9.24. The maximum Gasteiger partial charge on any atom is 0.316 e. The second-order valence-corrected chi connectivity index (χ2v) is 12.6. The second kappa shape index (κ2) is 12.9. The Hall–Kier alpha value is -1.06. The van der Waals surface area contributed by atoms with Gasteiger partial charge in [0.2, 0.25) is 0 Å². The third-order valence-corrected chi connectivity index (χ3v) is 9.24. The van der Waals surface area contributed by atoms with Crippen LogP contribution in [0.3, 0.4) is 0 Å². The number of cyclic esters (lactones) is 1. The molecule has 2 saturated heterocycles. The molecule has 0 aromatic heterocycles. The quantitative estimate of drug-likeness (QED) is 0.398. The zero-order valence-electron chi connectivity index (χ0n) is 24.7. The van der Waals surface area contributed by atoms with Gasteiger partial charge in [0.15, 0.2) is 12.1 Å². The zero-order valence-corrected chi connectivity index (χ0v) is 24.7. The summed E-state index contributed by atoms with van der Waals surface area (Å²) in [7, 11) is 7.98. The summed E-state index contributed by atoms with van der Waals surface area (Å²) >= 11 is 0. The van der Waals surface area contributed by atoms with Gasteiger partial charge in [0.25, 0.3) is 0 Å². The van der Waals surface area contributed by atoms with Gasteiger partial charge in [-0.1, -0.05) is 20.3 Å². The van der Waals surface area contributed by atoms with Crippen LogP contribution in [0.1, 0.15) is 73.1 Å². The van der Waals surface area contributed by atoms with Crippen LogP contribution in [0.15, 0.2) is 0 Å². The standard InChI is InChI=1S/C29H52N2O6/c1-18-15-29(5,34-9)27(37-25-14-23(30(6)7)13-19(2)36-25)20(3)26(32)21(4)28(33)35-17-24(31(8)16-18)22-11-10-12-22/h18-25,27H,10-17H2,1-9H3/t18-,19-,20+,21?,23+,24+,25+,27-,29-/m1/s1. The van der Waals surface area contributed by atoms with Gasteiger partial charge in [-0.25, -0.2) is 0 Å². The SMILES string of the molecule is CO[C@]1(C)C[C@@H](C)CN(C)[C@H](C2CCC2)COC(=O)C(C)C(=O)[C@H](C)[C@H]1O[C@H]1C[C@@H](N(C)C)C[C@@H](C)O1. The molecule has 0 aromatic carbocycles. The van der Waals surface area contributed by atoms with E-state index in [4.69, 9.17) is 18.9 Å². The highest BCUT2D eigenvalue weighted by atomic mass is 16.7. The number of rotatable bonds is 5. The molecule has 0 spiro atoms. The molecule has 3 fully saturated rings. The van der Waals surface area contributed by atoms with Crippen LogP contribution in [-0.2, 0) is 28.5 Å². The van der Waals surface area contributed by atoms with E-state index in [0.717, 1.165) is 32.2 Å². The fourth-order valence-electron chi connectivity index (χ4n) is 6.63. The van der Waals surface area contributed by atoms with E-state index in [1.807, 2.05) is 13.8 Å². The molecule has 0 radical (unpaired) electrons. The summed E-state index contributed by atoms with van der Waals surface area (Å²) in [4.78, 5) is 31.3. The molecule has 0 N–H and O–H groups in total.